The maximum absolute atomic E-state index is 11.2. The third kappa shape index (κ3) is 3.72. The quantitative estimate of drug-likeness (QED) is 0.799. The van der Waals surface area contributed by atoms with Crippen molar-refractivity contribution in [1.29, 1.82) is 0 Å². The van der Waals surface area contributed by atoms with Crippen molar-refractivity contribution < 1.29 is 9.53 Å². The van der Waals surface area contributed by atoms with E-state index in [2.05, 4.69) is 38.0 Å². The molecule has 98 valence electrons. The van der Waals surface area contributed by atoms with Gasteiger partial charge >= 0.3 is 0 Å². The van der Waals surface area contributed by atoms with Crippen LogP contribution in [0, 0.1) is 11.8 Å². The van der Waals surface area contributed by atoms with Crippen molar-refractivity contribution >= 4 is 11.8 Å². The van der Waals surface area contributed by atoms with Crippen LogP contribution in [0.1, 0.15) is 41.0 Å². The van der Waals surface area contributed by atoms with Gasteiger partial charge in [0.05, 0.1) is 6.04 Å². The summed E-state index contributed by atoms with van der Waals surface area (Å²) >= 11 is 0. The lowest BCUT2D eigenvalue weighted by atomic mass is 9.99. The first kappa shape index (κ1) is 14.0. The molecule has 0 unspecified atom stereocenters. The Hall–Kier alpha value is -1.06. The van der Waals surface area contributed by atoms with Gasteiger partial charge in [0.1, 0.15) is 12.6 Å². The van der Waals surface area contributed by atoms with E-state index in [1.54, 1.807) is 0 Å². The summed E-state index contributed by atoms with van der Waals surface area (Å²) < 4.78 is 5.65. The van der Waals surface area contributed by atoms with Crippen LogP contribution in [-0.2, 0) is 9.53 Å². The second-order valence-corrected chi connectivity index (χ2v) is 5.15. The molecule has 4 heteroatoms. The third-order valence-corrected chi connectivity index (χ3v) is 3.30. The molecule has 0 aromatic rings. The van der Waals surface area contributed by atoms with E-state index in [4.69, 9.17) is 4.74 Å². The van der Waals surface area contributed by atoms with Crippen LogP contribution in [0.5, 0.6) is 0 Å². The van der Waals surface area contributed by atoms with Gasteiger partial charge in [-0.2, -0.15) is 0 Å². The summed E-state index contributed by atoms with van der Waals surface area (Å²) in [5.74, 6) is 1.48. The van der Waals surface area contributed by atoms with Crippen molar-refractivity contribution in [2.75, 3.05) is 6.61 Å². The Bertz CT molecular complexity index is 300. The zero-order valence-corrected chi connectivity index (χ0v) is 11.5. The fraction of sp³-hybridized carbons (Fsp3) is 0.846. The number of hydrogen-bond donors (Lipinski definition) is 1. The lowest BCUT2D eigenvalue weighted by Crippen LogP contribution is -2.44. The molecule has 3 atom stereocenters. The van der Waals surface area contributed by atoms with Crippen molar-refractivity contribution in [1.82, 2.24) is 5.32 Å². The highest BCUT2D eigenvalue weighted by molar-refractivity contribution is 5.88. The van der Waals surface area contributed by atoms with Crippen molar-refractivity contribution in [2.45, 2.75) is 53.1 Å². The van der Waals surface area contributed by atoms with E-state index in [-0.39, 0.29) is 18.0 Å². The number of carbonyl (C=O) groups is 1. The lowest BCUT2D eigenvalue weighted by molar-refractivity contribution is -0.119. The first-order chi connectivity index (χ1) is 7.95. The number of hydrogen-bond acceptors (Lipinski definition) is 3. The maximum Gasteiger partial charge on any atom is 0.217 e. The first-order valence-electron chi connectivity index (χ1n) is 6.43. The van der Waals surface area contributed by atoms with E-state index in [0.717, 1.165) is 6.42 Å². The minimum atomic E-state index is -0.0822. The predicted molar refractivity (Wildman–Crippen MR) is 69.1 cm³/mol. The molecule has 1 aliphatic heterocycles. The van der Waals surface area contributed by atoms with Crippen LogP contribution in [0.3, 0.4) is 0 Å². The van der Waals surface area contributed by atoms with Crippen LogP contribution in [0.2, 0.25) is 0 Å². The highest BCUT2D eigenvalue weighted by Crippen LogP contribution is 2.19. The largest absolute Gasteiger partial charge is 0.477 e. The Morgan fingerprint density at radius 1 is 1.53 bits per heavy atom. The fourth-order valence-electron chi connectivity index (χ4n) is 1.82. The van der Waals surface area contributed by atoms with Crippen LogP contribution in [0.4, 0.5) is 0 Å². The number of ether oxygens (including phenoxy) is 1. The van der Waals surface area contributed by atoms with Crippen LogP contribution in [0.25, 0.3) is 0 Å². The summed E-state index contributed by atoms with van der Waals surface area (Å²) in [4.78, 5) is 15.8. The van der Waals surface area contributed by atoms with Crippen molar-refractivity contribution in [3.8, 4) is 0 Å². The minimum Gasteiger partial charge on any atom is -0.477 e. The maximum atomic E-state index is 11.2. The Morgan fingerprint density at radius 3 is 2.59 bits per heavy atom. The van der Waals surface area contributed by atoms with E-state index >= 15 is 0 Å². The highest BCUT2D eigenvalue weighted by Gasteiger charge is 2.30. The lowest BCUT2D eigenvalue weighted by Gasteiger charge is -2.22. The number of aliphatic imine (C=N–C) groups is 1. The summed E-state index contributed by atoms with van der Waals surface area (Å²) in [6.07, 6.45) is 0.986. The van der Waals surface area contributed by atoms with E-state index in [1.807, 2.05) is 0 Å². The van der Waals surface area contributed by atoms with Gasteiger partial charge in [0, 0.05) is 6.92 Å². The summed E-state index contributed by atoms with van der Waals surface area (Å²) in [7, 11) is 0. The number of nitrogens with one attached hydrogen (secondary N) is 1. The second kappa shape index (κ2) is 6.03. The van der Waals surface area contributed by atoms with Crippen LogP contribution < -0.4 is 5.32 Å². The minimum absolute atomic E-state index is 0.0328. The van der Waals surface area contributed by atoms with E-state index in [9.17, 15) is 4.79 Å². The van der Waals surface area contributed by atoms with Crippen molar-refractivity contribution in [3.63, 3.8) is 0 Å². The normalized spacial score (nSPS) is 22.9. The molecule has 0 fully saturated rings. The molecule has 0 aromatic heterocycles. The predicted octanol–water partition coefficient (Wildman–Crippen LogP) is 1.99. The smallest absolute Gasteiger partial charge is 0.217 e. The van der Waals surface area contributed by atoms with Gasteiger partial charge in [-0.25, -0.2) is 4.99 Å². The molecule has 17 heavy (non-hydrogen) atoms. The zero-order chi connectivity index (χ0) is 13.0. The molecule has 1 amide bonds. The Labute approximate surface area is 104 Å². The molecular formula is C13H24N2O2. The van der Waals surface area contributed by atoms with Crippen molar-refractivity contribution in [3.05, 3.63) is 0 Å². The molecule has 1 N–H and O–H groups in total. The number of rotatable bonds is 5. The van der Waals surface area contributed by atoms with E-state index in [1.165, 1.54) is 6.92 Å². The van der Waals surface area contributed by atoms with Gasteiger partial charge in [0.15, 0.2) is 0 Å². The summed E-state index contributed by atoms with van der Waals surface area (Å²) in [5.41, 5.74) is 0. The first-order valence-corrected chi connectivity index (χ1v) is 6.43. The summed E-state index contributed by atoms with van der Waals surface area (Å²) in [6.45, 7) is 10.7. The molecular weight excluding hydrogens is 216 g/mol. The van der Waals surface area contributed by atoms with Crippen LogP contribution >= 0.6 is 0 Å². The fourth-order valence-corrected chi connectivity index (χ4v) is 1.82. The standard InChI is InChI=1S/C13H24N2O2/c1-6-9(4)12(14-10(5)16)13-15-11(7-17-13)8(2)3/h8-9,11-12H,6-7H2,1-5H3,(H,14,16)/t9-,11-,12-/m0/s1. The molecule has 4 nitrogen and oxygen atoms in total. The average molecular weight is 240 g/mol. The number of nitrogens with zero attached hydrogens (tertiary/aromatic N) is 1. The molecule has 1 aliphatic rings. The number of carbonyl (C=O) groups excluding carboxylic acids is 1. The van der Waals surface area contributed by atoms with Gasteiger partial charge in [-0.05, 0) is 11.8 Å². The molecule has 0 spiro atoms. The summed E-state index contributed by atoms with van der Waals surface area (Å²) in [5, 5.41) is 2.94. The van der Waals surface area contributed by atoms with Gasteiger partial charge in [-0.15, -0.1) is 0 Å². The van der Waals surface area contributed by atoms with Gasteiger partial charge < -0.3 is 10.1 Å². The number of amides is 1. The van der Waals surface area contributed by atoms with E-state index < -0.39 is 0 Å². The zero-order valence-electron chi connectivity index (χ0n) is 11.5. The Morgan fingerprint density at radius 2 is 2.18 bits per heavy atom. The average Bonchev–Trinajstić information content (AvgIpc) is 2.73. The van der Waals surface area contributed by atoms with Crippen LogP contribution in [0.15, 0.2) is 4.99 Å². The highest BCUT2D eigenvalue weighted by atomic mass is 16.5. The molecule has 0 aromatic carbocycles. The molecule has 0 radical (unpaired) electrons. The SMILES string of the molecule is CC[C@H](C)[C@H](NC(C)=O)C1=N[C@H](C(C)C)CO1. The second-order valence-electron chi connectivity index (χ2n) is 5.15. The molecule has 0 saturated carbocycles. The van der Waals surface area contributed by atoms with Crippen molar-refractivity contribution in [2.24, 2.45) is 16.8 Å². The molecule has 0 saturated heterocycles. The van der Waals surface area contributed by atoms with Gasteiger partial charge in [-0.3, -0.25) is 4.79 Å². The van der Waals surface area contributed by atoms with Gasteiger partial charge in [0.25, 0.3) is 0 Å². The molecule has 1 heterocycles. The topological polar surface area (TPSA) is 50.7 Å². The summed E-state index contributed by atoms with van der Waals surface area (Å²) in [6, 6.07) is 0.145. The van der Waals surface area contributed by atoms with Crippen LogP contribution in [-0.4, -0.2) is 30.5 Å². The third-order valence-electron chi connectivity index (χ3n) is 3.30. The molecule has 1 rings (SSSR count). The monoisotopic (exact) mass is 240 g/mol. The van der Waals surface area contributed by atoms with E-state index in [0.29, 0.717) is 24.3 Å². The van der Waals surface area contributed by atoms with Gasteiger partial charge in [0.2, 0.25) is 11.8 Å². The van der Waals surface area contributed by atoms with Gasteiger partial charge in [-0.1, -0.05) is 34.1 Å². The molecule has 0 aliphatic carbocycles. The Kier molecular flexibility index (Phi) is 4.97. The Balaban J connectivity index is 2.77. The molecule has 0 bridgehead atoms.